The number of nitrogens with one attached hydrogen (secondary N) is 1. The van der Waals surface area contributed by atoms with Crippen molar-refractivity contribution in [2.45, 2.75) is 39.4 Å². The molecule has 0 spiro atoms. The van der Waals surface area contributed by atoms with Crippen LogP contribution in [0, 0.1) is 5.82 Å². The van der Waals surface area contributed by atoms with Gasteiger partial charge < -0.3 is 14.8 Å². The second kappa shape index (κ2) is 11.0. The molecule has 1 heterocycles. The number of hydrogen-bond acceptors (Lipinski definition) is 6. The Morgan fingerprint density at radius 3 is 2.42 bits per heavy atom. The highest BCUT2D eigenvalue weighted by Gasteiger charge is 2.21. The maximum atomic E-state index is 13.1. The molecule has 0 unspecified atom stereocenters. The molecule has 2 rings (SSSR count). The van der Waals surface area contributed by atoms with Crippen molar-refractivity contribution in [1.82, 2.24) is 10.3 Å². The van der Waals surface area contributed by atoms with Crippen LogP contribution in [0.3, 0.4) is 0 Å². The number of rotatable bonds is 8. The molecule has 1 amide bonds. The number of pyridine rings is 1. The maximum Gasteiger partial charge on any atom is 0.407 e. The van der Waals surface area contributed by atoms with Gasteiger partial charge >= 0.3 is 12.1 Å². The summed E-state index contributed by atoms with van der Waals surface area (Å²) in [4.78, 5) is 40.8. The van der Waals surface area contributed by atoms with E-state index < -0.39 is 29.3 Å². The third-order valence-electron chi connectivity index (χ3n) is 3.80. The fraction of sp³-hybridized carbons (Fsp3) is 0.304. The Morgan fingerprint density at radius 2 is 1.81 bits per heavy atom. The van der Waals surface area contributed by atoms with Crippen LogP contribution in [0.15, 0.2) is 54.2 Å². The summed E-state index contributed by atoms with van der Waals surface area (Å²) in [6, 6.07) is 11.5. The zero-order valence-electron chi connectivity index (χ0n) is 17.7. The van der Waals surface area contributed by atoms with Gasteiger partial charge in [-0.05, 0) is 44.5 Å². The third-order valence-corrected chi connectivity index (χ3v) is 3.80. The van der Waals surface area contributed by atoms with E-state index in [9.17, 15) is 18.8 Å². The van der Waals surface area contributed by atoms with E-state index in [1.165, 1.54) is 18.2 Å². The number of alkyl carbamates (subject to hydrolysis) is 1. The number of hydrogen-bond donors (Lipinski definition) is 1. The van der Waals surface area contributed by atoms with Crippen LogP contribution in [0.4, 0.5) is 9.18 Å². The standard InChI is InChI=1S/C23H25FN2O5/c1-23(2,3)31-22(29)25-12-11-20(27)19(13-18-10-9-17(24)14-26-18)21(28)30-15-16-7-5-4-6-8-16/h4-10,13-14H,11-12,15H2,1-3H3,(H,25,29)/b19-13+. The van der Waals surface area contributed by atoms with Crippen LogP contribution in [-0.2, 0) is 25.7 Å². The fourth-order valence-corrected chi connectivity index (χ4v) is 2.40. The Labute approximate surface area is 180 Å². The van der Waals surface area contributed by atoms with Crippen molar-refractivity contribution in [1.29, 1.82) is 0 Å². The largest absolute Gasteiger partial charge is 0.457 e. The molecule has 0 atom stereocenters. The van der Waals surface area contributed by atoms with Crippen LogP contribution < -0.4 is 5.32 Å². The predicted octanol–water partition coefficient (Wildman–Crippen LogP) is 3.83. The molecular formula is C23H25FN2O5. The molecule has 8 heteroatoms. The maximum absolute atomic E-state index is 13.1. The third kappa shape index (κ3) is 8.77. The fourth-order valence-electron chi connectivity index (χ4n) is 2.40. The van der Waals surface area contributed by atoms with Gasteiger partial charge in [0, 0.05) is 13.0 Å². The van der Waals surface area contributed by atoms with E-state index in [1.807, 2.05) is 6.07 Å². The molecule has 0 aliphatic carbocycles. The first kappa shape index (κ1) is 23.7. The van der Waals surface area contributed by atoms with Gasteiger partial charge in [-0.3, -0.25) is 9.78 Å². The van der Waals surface area contributed by atoms with E-state index in [4.69, 9.17) is 9.47 Å². The first-order chi connectivity index (χ1) is 14.6. The molecule has 31 heavy (non-hydrogen) atoms. The number of amides is 1. The van der Waals surface area contributed by atoms with Crippen LogP contribution >= 0.6 is 0 Å². The lowest BCUT2D eigenvalue weighted by molar-refractivity contribution is -0.141. The van der Waals surface area contributed by atoms with E-state index in [2.05, 4.69) is 10.3 Å². The van der Waals surface area contributed by atoms with Crippen molar-refractivity contribution >= 4 is 23.9 Å². The summed E-state index contributed by atoms with van der Waals surface area (Å²) in [5, 5.41) is 2.47. The summed E-state index contributed by atoms with van der Waals surface area (Å²) >= 11 is 0. The quantitative estimate of drug-likeness (QED) is 0.297. The van der Waals surface area contributed by atoms with Crippen molar-refractivity contribution in [3.8, 4) is 0 Å². The normalized spacial score (nSPS) is 11.5. The lowest BCUT2D eigenvalue weighted by Crippen LogP contribution is -2.34. The number of esters is 1. The van der Waals surface area contributed by atoms with Crippen LogP contribution in [0.25, 0.3) is 6.08 Å². The van der Waals surface area contributed by atoms with E-state index in [-0.39, 0.29) is 30.8 Å². The molecule has 2 aromatic rings. The summed E-state index contributed by atoms with van der Waals surface area (Å²) in [6.07, 6.45) is 1.39. The SMILES string of the molecule is CC(C)(C)OC(=O)NCCC(=O)/C(=C\c1ccc(F)cn1)C(=O)OCc1ccccc1. The molecule has 0 aliphatic heterocycles. The van der Waals surface area contributed by atoms with Crippen molar-refractivity contribution in [3.63, 3.8) is 0 Å². The second-order valence-corrected chi connectivity index (χ2v) is 7.62. The number of carbonyl (C=O) groups is 3. The van der Waals surface area contributed by atoms with E-state index in [0.717, 1.165) is 11.8 Å². The average molecular weight is 428 g/mol. The molecular weight excluding hydrogens is 403 g/mol. The Bertz CT molecular complexity index is 935. The van der Waals surface area contributed by atoms with Crippen molar-refractivity contribution in [2.75, 3.05) is 6.54 Å². The summed E-state index contributed by atoms with van der Waals surface area (Å²) in [5.74, 6) is -1.93. The first-order valence-electron chi connectivity index (χ1n) is 9.68. The van der Waals surface area contributed by atoms with Gasteiger partial charge in [0.05, 0.1) is 11.9 Å². The zero-order chi connectivity index (χ0) is 22.9. The van der Waals surface area contributed by atoms with Gasteiger partial charge in [-0.1, -0.05) is 30.3 Å². The lowest BCUT2D eigenvalue weighted by atomic mass is 10.1. The van der Waals surface area contributed by atoms with Crippen molar-refractivity contribution in [2.24, 2.45) is 0 Å². The topological polar surface area (TPSA) is 94.6 Å². The number of ether oxygens (including phenoxy) is 2. The molecule has 7 nitrogen and oxygen atoms in total. The molecule has 1 aromatic heterocycles. The minimum absolute atomic E-state index is 0.0166. The van der Waals surface area contributed by atoms with Gasteiger partial charge in [-0.25, -0.2) is 14.0 Å². The first-order valence-corrected chi connectivity index (χ1v) is 9.68. The van der Waals surface area contributed by atoms with E-state index in [0.29, 0.717) is 0 Å². The molecule has 1 N–H and O–H groups in total. The minimum atomic E-state index is -0.836. The smallest absolute Gasteiger partial charge is 0.407 e. The van der Waals surface area contributed by atoms with Crippen molar-refractivity contribution < 1.29 is 28.2 Å². The van der Waals surface area contributed by atoms with Gasteiger partial charge in [0.2, 0.25) is 0 Å². The Kier molecular flexibility index (Phi) is 8.43. The number of benzene rings is 1. The zero-order valence-corrected chi connectivity index (χ0v) is 17.7. The number of ketones is 1. The van der Waals surface area contributed by atoms with Crippen LogP contribution in [0.5, 0.6) is 0 Å². The van der Waals surface area contributed by atoms with Gasteiger partial charge in [-0.15, -0.1) is 0 Å². The van der Waals surface area contributed by atoms with Crippen LogP contribution in [-0.4, -0.2) is 35.0 Å². The summed E-state index contributed by atoms with van der Waals surface area (Å²) < 4.78 is 23.5. The Morgan fingerprint density at radius 1 is 1.10 bits per heavy atom. The lowest BCUT2D eigenvalue weighted by Gasteiger charge is -2.19. The Balaban J connectivity index is 2.07. The van der Waals surface area contributed by atoms with Crippen LogP contribution in [0.1, 0.15) is 38.4 Å². The van der Waals surface area contributed by atoms with Gasteiger partial charge in [-0.2, -0.15) is 0 Å². The number of Topliss-reactive ketones (excluding diaryl/α,β-unsaturated/α-hetero) is 1. The molecule has 0 aliphatic rings. The highest BCUT2D eigenvalue weighted by molar-refractivity contribution is 6.20. The van der Waals surface area contributed by atoms with Gasteiger partial charge in [0.1, 0.15) is 23.6 Å². The average Bonchev–Trinajstić information content (AvgIpc) is 2.71. The monoisotopic (exact) mass is 428 g/mol. The van der Waals surface area contributed by atoms with Crippen LogP contribution in [0.2, 0.25) is 0 Å². The molecule has 0 radical (unpaired) electrons. The number of carbonyl (C=O) groups excluding carboxylic acids is 3. The van der Waals surface area contributed by atoms with Gasteiger partial charge in [0.25, 0.3) is 0 Å². The van der Waals surface area contributed by atoms with E-state index in [1.54, 1.807) is 45.0 Å². The highest BCUT2D eigenvalue weighted by atomic mass is 19.1. The van der Waals surface area contributed by atoms with Gasteiger partial charge in [0.15, 0.2) is 5.78 Å². The summed E-state index contributed by atoms with van der Waals surface area (Å²) in [5.41, 5.74) is 0.0611. The van der Waals surface area contributed by atoms with E-state index >= 15 is 0 Å². The molecule has 0 bridgehead atoms. The Hall–Kier alpha value is -3.55. The predicted molar refractivity (Wildman–Crippen MR) is 112 cm³/mol. The van der Waals surface area contributed by atoms with Crippen molar-refractivity contribution in [3.05, 3.63) is 71.3 Å². The molecule has 164 valence electrons. The highest BCUT2D eigenvalue weighted by Crippen LogP contribution is 2.12. The molecule has 1 aromatic carbocycles. The molecule has 0 saturated carbocycles. The number of aromatic nitrogens is 1. The molecule has 0 saturated heterocycles. The minimum Gasteiger partial charge on any atom is -0.457 e. The second-order valence-electron chi connectivity index (χ2n) is 7.62. The number of nitrogens with zero attached hydrogens (tertiary/aromatic N) is 1. The summed E-state index contributed by atoms with van der Waals surface area (Å²) in [7, 11) is 0. The number of halogens is 1. The molecule has 0 fully saturated rings. The summed E-state index contributed by atoms with van der Waals surface area (Å²) in [6.45, 7) is 5.11.